The molecule has 5 nitrogen and oxygen atoms in total. The van der Waals surface area contributed by atoms with E-state index in [0.717, 1.165) is 39.4 Å². The maximum atomic E-state index is 13.7. The Morgan fingerprint density at radius 2 is 1.67 bits per heavy atom. The van der Waals surface area contributed by atoms with Crippen LogP contribution in [0, 0.1) is 0 Å². The second kappa shape index (κ2) is 4.76. The van der Waals surface area contributed by atoms with Gasteiger partial charge in [-0.3, -0.25) is 9.36 Å². The number of likely N-dealkylation sites (N-methyl/N-ethyl adjacent to an activating group) is 1. The minimum atomic E-state index is -1.04. The van der Waals surface area contributed by atoms with E-state index in [-0.39, 0.29) is 5.91 Å². The maximum Gasteiger partial charge on any atom is 0.278 e. The van der Waals surface area contributed by atoms with E-state index in [1.165, 1.54) is 0 Å². The Bertz CT molecular complexity index is 1260. The van der Waals surface area contributed by atoms with Gasteiger partial charge in [0.05, 0.1) is 16.7 Å². The summed E-state index contributed by atoms with van der Waals surface area (Å²) in [4.78, 5) is 20.3. The van der Waals surface area contributed by atoms with Crippen molar-refractivity contribution in [2.45, 2.75) is 5.66 Å². The van der Waals surface area contributed by atoms with Crippen molar-refractivity contribution in [1.29, 1.82) is 0 Å². The number of rotatable bonds is 0. The molecule has 1 unspecified atom stereocenters. The molecule has 6 rings (SSSR count). The van der Waals surface area contributed by atoms with Crippen molar-refractivity contribution in [2.75, 3.05) is 17.3 Å². The van der Waals surface area contributed by atoms with Crippen LogP contribution in [0.5, 0.6) is 0 Å². The van der Waals surface area contributed by atoms with Crippen LogP contribution >= 0.6 is 0 Å². The highest BCUT2D eigenvalue weighted by molar-refractivity contribution is 6.11. The quantitative estimate of drug-likeness (QED) is 0.524. The molecule has 0 aliphatic carbocycles. The molecule has 0 saturated carbocycles. The van der Waals surface area contributed by atoms with Gasteiger partial charge in [0.15, 0.2) is 0 Å². The number of aromatic nitrogens is 2. The van der Waals surface area contributed by atoms with Gasteiger partial charge in [0, 0.05) is 23.9 Å². The summed E-state index contributed by atoms with van der Waals surface area (Å²) >= 11 is 0. The van der Waals surface area contributed by atoms with Crippen LogP contribution in [-0.4, -0.2) is 22.5 Å². The zero-order chi connectivity index (χ0) is 18.2. The van der Waals surface area contributed by atoms with Crippen LogP contribution in [0.1, 0.15) is 5.56 Å². The Balaban J connectivity index is 1.81. The van der Waals surface area contributed by atoms with E-state index in [1.54, 1.807) is 4.90 Å². The molecule has 2 aliphatic heterocycles. The number of nitrogens with one attached hydrogen (secondary N) is 1. The highest BCUT2D eigenvalue weighted by Gasteiger charge is 2.55. The van der Waals surface area contributed by atoms with Gasteiger partial charge >= 0.3 is 0 Å². The smallest absolute Gasteiger partial charge is 0.278 e. The van der Waals surface area contributed by atoms with Gasteiger partial charge < -0.3 is 10.2 Å². The zero-order valence-electron chi connectivity index (χ0n) is 14.7. The first kappa shape index (κ1) is 14.6. The molecule has 1 spiro atoms. The second-order valence-corrected chi connectivity index (χ2v) is 7.02. The predicted molar refractivity (Wildman–Crippen MR) is 106 cm³/mol. The summed E-state index contributed by atoms with van der Waals surface area (Å²) in [7, 11) is 1.83. The average Bonchev–Trinajstić information content (AvgIpc) is 3.20. The van der Waals surface area contributed by atoms with E-state index in [2.05, 4.69) is 9.88 Å². The summed E-state index contributed by atoms with van der Waals surface area (Å²) in [5.74, 6) is 0.798. The van der Waals surface area contributed by atoms with Crippen LogP contribution in [0.4, 0.5) is 11.4 Å². The fourth-order valence-electron chi connectivity index (χ4n) is 4.46. The minimum Gasteiger partial charge on any atom is -0.350 e. The Hall–Kier alpha value is -3.60. The van der Waals surface area contributed by atoms with Crippen LogP contribution in [0.15, 0.2) is 72.8 Å². The summed E-state index contributed by atoms with van der Waals surface area (Å²) in [5.41, 5.74) is 4.55. The average molecular weight is 352 g/mol. The Labute approximate surface area is 155 Å². The lowest BCUT2D eigenvalue weighted by atomic mass is 9.95. The standard InChI is InChI=1S/C22H16N4O/c1-25-18-12-6-3-9-15(18)22(21(25)27)24-16-10-4-2-8-14(16)20-23-17-11-5-7-13-19(17)26(20)22/h2-13,24H,1H3. The topological polar surface area (TPSA) is 50.2 Å². The molecule has 0 bridgehead atoms. The SMILES string of the molecule is CN1C(=O)C2(Nc3ccccc3-c3nc4ccccc4n32)c2ccccc21. The number of nitrogens with zero attached hydrogens (tertiary/aromatic N) is 3. The van der Waals surface area contributed by atoms with Crippen molar-refractivity contribution < 1.29 is 4.79 Å². The molecular formula is C22H16N4O. The summed E-state index contributed by atoms with van der Waals surface area (Å²) in [6, 6.07) is 24.0. The molecule has 0 radical (unpaired) electrons. The summed E-state index contributed by atoms with van der Waals surface area (Å²) < 4.78 is 2.06. The van der Waals surface area contributed by atoms with E-state index in [9.17, 15) is 4.79 Å². The van der Waals surface area contributed by atoms with Gasteiger partial charge in [-0.25, -0.2) is 4.98 Å². The molecule has 3 aromatic carbocycles. The van der Waals surface area contributed by atoms with Crippen LogP contribution in [0.2, 0.25) is 0 Å². The third kappa shape index (κ3) is 1.60. The zero-order valence-corrected chi connectivity index (χ0v) is 14.7. The van der Waals surface area contributed by atoms with Crippen molar-refractivity contribution in [3.8, 4) is 11.4 Å². The molecule has 2 aliphatic rings. The van der Waals surface area contributed by atoms with Crippen LogP contribution < -0.4 is 10.2 Å². The highest BCUT2D eigenvalue weighted by Crippen LogP contribution is 2.50. The van der Waals surface area contributed by atoms with Gasteiger partial charge in [0.25, 0.3) is 5.91 Å². The number of hydrogen-bond donors (Lipinski definition) is 1. The number of fused-ring (bicyclic) bond motifs is 8. The largest absolute Gasteiger partial charge is 0.350 e. The third-order valence-electron chi connectivity index (χ3n) is 5.65. The summed E-state index contributed by atoms with van der Waals surface area (Å²) in [6.45, 7) is 0. The third-order valence-corrected chi connectivity index (χ3v) is 5.65. The molecule has 3 heterocycles. The van der Waals surface area contributed by atoms with Gasteiger partial charge in [0.2, 0.25) is 5.66 Å². The van der Waals surface area contributed by atoms with Gasteiger partial charge in [-0.2, -0.15) is 0 Å². The monoisotopic (exact) mass is 352 g/mol. The summed E-state index contributed by atoms with van der Waals surface area (Å²) in [6.07, 6.45) is 0. The number of imidazole rings is 1. The lowest BCUT2D eigenvalue weighted by Crippen LogP contribution is -2.52. The molecule has 1 atom stereocenters. The van der Waals surface area contributed by atoms with Crippen LogP contribution in [0.3, 0.4) is 0 Å². The number of amides is 1. The van der Waals surface area contributed by atoms with Gasteiger partial charge in [-0.1, -0.05) is 42.5 Å². The highest BCUT2D eigenvalue weighted by atomic mass is 16.2. The van der Waals surface area contributed by atoms with Crippen molar-refractivity contribution in [1.82, 2.24) is 9.55 Å². The first-order valence-corrected chi connectivity index (χ1v) is 8.95. The number of para-hydroxylation sites is 4. The number of hydrogen-bond acceptors (Lipinski definition) is 3. The molecule has 5 heteroatoms. The van der Waals surface area contributed by atoms with E-state index in [0.29, 0.717) is 0 Å². The normalized spacial score (nSPS) is 19.7. The van der Waals surface area contributed by atoms with Crippen LogP contribution in [0.25, 0.3) is 22.4 Å². The number of carbonyl (C=O) groups excluding carboxylic acids is 1. The molecule has 0 fully saturated rings. The second-order valence-electron chi connectivity index (χ2n) is 7.02. The maximum absolute atomic E-state index is 13.7. The van der Waals surface area contributed by atoms with Gasteiger partial charge in [0.1, 0.15) is 5.82 Å². The van der Waals surface area contributed by atoms with E-state index >= 15 is 0 Å². The van der Waals surface area contributed by atoms with Gasteiger partial charge in [-0.15, -0.1) is 0 Å². The minimum absolute atomic E-state index is 0.0115. The molecule has 130 valence electrons. The fraction of sp³-hybridized carbons (Fsp3) is 0.0909. The van der Waals surface area contributed by atoms with Crippen molar-refractivity contribution >= 4 is 28.3 Å². The van der Waals surface area contributed by atoms with E-state index in [4.69, 9.17) is 4.98 Å². The first-order valence-electron chi connectivity index (χ1n) is 8.95. The Kier molecular flexibility index (Phi) is 2.57. The van der Waals surface area contributed by atoms with Crippen molar-refractivity contribution in [3.63, 3.8) is 0 Å². The summed E-state index contributed by atoms with van der Waals surface area (Å²) in [5, 5.41) is 3.57. The number of anilines is 2. The number of benzene rings is 3. The lowest BCUT2D eigenvalue weighted by Gasteiger charge is -2.38. The van der Waals surface area contributed by atoms with E-state index < -0.39 is 5.66 Å². The predicted octanol–water partition coefficient (Wildman–Crippen LogP) is 3.81. The Morgan fingerprint density at radius 3 is 2.59 bits per heavy atom. The van der Waals surface area contributed by atoms with Crippen molar-refractivity contribution in [2.24, 2.45) is 0 Å². The first-order chi connectivity index (χ1) is 13.2. The van der Waals surface area contributed by atoms with Crippen molar-refractivity contribution in [3.05, 3.63) is 78.4 Å². The molecular weight excluding hydrogens is 336 g/mol. The van der Waals surface area contributed by atoms with Gasteiger partial charge in [-0.05, 0) is 30.3 Å². The van der Waals surface area contributed by atoms with Crippen LogP contribution in [-0.2, 0) is 10.5 Å². The lowest BCUT2D eigenvalue weighted by molar-refractivity contribution is -0.122. The molecule has 0 saturated heterocycles. The molecule has 1 amide bonds. The molecule has 27 heavy (non-hydrogen) atoms. The van der Waals surface area contributed by atoms with E-state index in [1.807, 2.05) is 79.8 Å². The molecule has 1 N–H and O–H groups in total. The molecule has 1 aromatic heterocycles. The fourth-order valence-corrected chi connectivity index (χ4v) is 4.46. The Morgan fingerprint density at radius 1 is 0.926 bits per heavy atom. The number of carbonyl (C=O) groups is 1. The molecule has 4 aromatic rings.